The fourth-order valence-electron chi connectivity index (χ4n) is 3.56. The van der Waals surface area contributed by atoms with Gasteiger partial charge < -0.3 is 10.0 Å². The number of aliphatic carboxylic acids is 1. The first-order valence-electron chi connectivity index (χ1n) is 8.42. The number of hydrogen-bond donors (Lipinski definition) is 1. The molecular weight excluding hydrogens is 334 g/mol. The Bertz CT molecular complexity index is 915. The Kier molecular flexibility index (Phi) is 4.13. The predicted molar refractivity (Wildman–Crippen MR) is 100 cm³/mol. The van der Waals surface area contributed by atoms with Crippen LogP contribution in [0.5, 0.6) is 0 Å². The number of benzene rings is 1. The molecule has 1 saturated heterocycles. The summed E-state index contributed by atoms with van der Waals surface area (Å²) in [7, 11) is 0. The van der Waals surface area contributed by atoms with E-state index in [2.05, 4.69) is 33.9 Å². The largest absolute Gasteiger partial charge is 0.481 e. The maximum absolute atomic E-state index is 11.2. The summed E-state index contributed by atoms with van der Waals surface area (Å²) in [4.78, 5) is 24.7. The molecule has 128 valence electrons. The van der Waals surface area contributed by atoms with Gasteiger partial charge in [0.05, 0.1) is 11.3 Å². The molecule has 0 unspecified atom stereocenters. The average Bonchev–Trinajstić information content (AvgIpc) is 2.98. The minimum absolute atomic E-state index is 0.244. The second-order valence-electron chi connectivity index (χ2n) is 6.38. The summed E-state index contributed by atoms with van der Waals surface area (Å²) in [5, 5.41) is 10.3. The summed E-state index contributed by atoms with van der Waals surface area (Å²) in [6, 6.07) is 10.3. The molecule has 0 aliphatic carbocycles. The lowest BCUT2D eigenvalue weighted by Gasteiger charge is -2.31. The van der Waals surface area contributed by atoms with E-state index in [0.717, 1.165) is 16.0 Å². The maximum atomic E-state index is 11.2. The van der Waals surface area contributed by atoms with E-state index < -0.39 is 5.97 Å². The molecule has 0 bridgehead atoms. The van der Waals surface area contributed by atoms with Crippen molar-refractivity contribution < 1.29 is 9.90 Å². The van der Waals surface area contributed by atoms with Gasteiger partial charge in [-0.3, -0.25) is 4.79 Å². The zero-order valence-electron chi connectivity index (χ0n) is 14.0. The van der Waals surface area contributed by atoms with Crippen LogP contribution in [0, 0.1) is 12.8 Å². The van der Waals surface area contributed by atoms with Crippen molar-refractivity contribution in [3.8, 4) is 11.1 Å². The quantitative estimate of drug-likeness (QED) is 0.772. The van der Waals surface area contributed by atoms with Crippen LogP contribution in [0.4, 0.5) is 5.82 Å². The molecule has 0 amide bonds. The monoisotopic (exact) mass is 353 g/mol. The number of aromatic nitrogens is 2. The smallest absolute Gasteiger partial charge is 0.306 e. The van der Waals surface area contributed by atoms with Crippen molar-refractivity contribution in [3.63, 3.8) is 0 Å². The first-order chi connectivity index (χ1) is 12.1. The molecule has 2 aromatic heterocycles. The zero-order chi connectivity index (χ0) is 17.4. The van der Waals surface area contributed by atoms with E-state index in [4.69, 9.17) is 0 Å². The van der Waals surface area contributed by atoms with E-state index in [1.54, 1.807) is 17.7 Å². The summed E-state index contributed by atoms with van der Waals surface area (Å²) < 4.78 is 0. The molecule has 4 rings (SSSR count). The number of aryl methyl sites for hydroxylation is 1. The van der Waals surface area contributed by atoms with Gasteiger partial charge in [-0.25, -0.2) is 9.97 Å². The zero-order valence-corrected chi connectivity index (χ0v) is 14.8. The van der Waals surface area contributed by atoms with Gasteiger partial charge in [0, 0.05) is 23.5 Å². The topological polar surface area (TPSA) is 66.3 Å². The van der Waals surface area contributed by atoms with Gasteiger partial charge in [-0.05, 0) is 25.3 Å². The first kappa shape index (κ1) is 16.0. The highest BCUT2D eigenvalue weighted by atomic mass is 32.1. The van der Waals surface area contributed by atoms with Crippen LogP contribution in [-0.2, 0) is 4.79 Å². The predicted octanol–water partition coefficient (Wildman–Crippen LogP) is 3.97. The second kappa shape index (κ2) is 6.44. The highest BCUT2D eigenvalue weighted by molar-refractivity contribution is 7.19. The minimum Gasteiger partial charge on any atom is -0.481 e. The molecule has 1 N–H and O–H groups in total. The number of nitrogens with zero attached hydrogens (tertiary/aromatic N) is 3. The van der Waals surface area contributed by atoms with Crippen LogP contribution in [0.25, 0.3) is 21.3 Å². The van der Waals surface area contributed by atoms with Crippen LogP contribution in [0.3, 0.4) is 0 Å². The van der Waals surface area contributed by atoms with Gasteiger partial charge in [-0.15, -0.1) is 11.3 Å². The van der Waals surface area contributed by atoms with Crippen molar-refractivity contribution in [2.24, 2.45) is 5.92 Å². The highest BCUT2D eigenvalue weighted by Gasteiger charge is 2.27. The van der Waals surface area contributed by atoms with Crippen LogP contribution < -0.4 is 4.90 Å². The Morgan fingerprint density at radius 2 is 1.92 bits per heavy atom. The number of thiophene rings is 1. The van der Waals surface area contributed by atoms with Crippen molar-refractivity contribution in [1.29, 1.82) is 0 Å². The number of carboxylic acids is 1. The molecule has 3 heterocycles. The minimum atomic E-state index is -0.691. The number of fused-ring (bicyclic) bond motifs is 1. The van der Waals surface area contributed by atoms with E-state index in [9.17, 15) is 9.90 Å². The summed E-state index contributed by atoms with van der Waals surface area (Å²) in [5.74, 6) is -0.00717. The summed E-state index contributed by atoms with van der Waals surface area (Å²) in [5.41, 5.74) is 2.36. The molecule has 1 aromatic carbocycles. The molecule has 25 heavy (non-hydrogen) atoms. The van der Waals surface area contributed by atoms with Gasteiger partial charge in [0.25, 0.3) is 0 Å². The molecule has 5 nitrogen and oxygen atoms in total. The van der Waals surface area contributed by atoms with Gasteiger partial charge in [0.2, 0.25) is 0 Å². The van der Waals surface area contributed by atoms with Crippen LogP contribution in [-0.4, -0.2) is 34.1 Å². The van der Waals surface area contributed by atoms with Gasteiger partial charge in [0.1, 0.15) is 17.0 Å². The Hall–Kier alpha value is -2.47. The van der Waals surface area contributed by atoms with Gasteiger partial charge in [-0.1, -0.05) is 30.3 Å². The summed E-state index contributed by atoms with van der Waals surface area (Å²) in [6.07, 6.45) is 2.93. The lowest BCUT2D eigenvalue weighted by atomic mass is 9.96. The van der Waals surface area contributed by atoms with E-state index in [0.29, 0.717) is 25.9 Å². The molecule has 3 aromatic rings. The maximum Gasteiger partial charge on any atom is 0.306 e. The number of rotatable bonds is 3. The molecular formula is C19H19N3O2S. The molecule has 1 fully saturated rings. The van der Waals surface area contributed by atoms with E-state index in [-0.39, 0.29) is 5.92 Å². The van der Waals surface area contributed by atoms with Gasteiger partial charge in [-0.2, -0.15) is 0 Å². The first-order valence-corrected chi connectivity index (χ1v) is 9.24. The molecule has 1 aliphatic heterocycles. The molecule has 0 atom stereocenters. The number of hydrogen-bond acceptors (Lipinski definition) is 5. The third-order valence-corrected chi connectivity index (χ3v) is 5.86. The van der Waals surface area contributed by atoms with Crippen molar-refractivity contribution in [2.45, 2.75) is 19.8 Å². The SMILES string of the molecule is Cc1sc2ncnc(N3CCC(C(=O)O)CC3)c2c1-c1ccccc1. The number of piperidine rings is 1. The number of carbonyl (C=O) groups is 1. The van der Waals surface area contributed by atoms with Gasteiger partial charge >= 0.3 is 5.97 Å². The Labute approximate surface area is 150 Å². The standard InChI is InChI=1S/C19H19N3O2S/c1-12-15(13-5-3-2-4-6-13)16-17(20-11-21-18(16)25-12)22-9-7-14(8-10-22)19(23)24/h2-6,11,14H,7-10H2,1H3,(H,23,24). The van der Waals surface area contributed by atoms with Crippen molar-refractivity contribution in [3.05, 3.63) is 41.5 Å². The average molecular weight is 353 g/mol. The van der Waals surface area contributed by atoms with Gasteiger partial charge in [0.15, 0.2) is 0 Å². The highest BCUT2D eigenvalue weighted by Crippen LogP contribution is 2.41. The van der Waals surface area contributed by atoms with E-state index >= 15 is 0 Å². The number of anilines is 1. The second-order valence-corrected chi connectivity index (χ2v) is 7.58. The molecule has 0 radical (unpaired) electrons. The van der Waals surface area contributed by atoms with Crippen LogP contribution in [0.1, 0.15) is 17.7 Å². The van der Waals surface area contributed by atoms with E-state index in [1.807, 2.05) is 18.2 Å². The Morgan fingerprint density at radius 3 is 2.60 bits per heavy atom. The van der Waals surface area contributed by atoms with Crippen LogP contribution >= 0.6 is 11.3 Å². The number of carboxylic acid groups (broad SMARTS) is 1. The molecule has 1 aliphatic rings. The van der Waals surface area contributed by atoms with Crippen molar-refractivity contribution in [2.75, 3.05) is 18.0 Å². The fraction of sp³-hybridized carbons (Fsp3) is 0.316. The lowest BCUT2D eigenvalue weighted by Crippen LogP contribution is -2.36. The van der Waals surface area contributed by atoms with Crippen molar-refractivity contribution in [1.82, 2.24) is 9.97 Å². The Balaban J connectivity index is 1.79. The molecule has 0 spiro atoms. The van der Waals surface area contributed by atoms with Crippen LogP contribution in [0.2, 0.25) is 0 Å². The molecule has 0 saturated carbocycles. The summed E-state index contributed by atoms with van der Waals surface area (Å²) in [6.45, 7) is 3.55. The van der Waals surface area contributed by atoms with Crippen molar-refractivity contribution >= 4 is 33.3 Å². The molecule has 6 heteroatoms. The summed E-state index contributed by atoms with van der Waals surface area (Å²) >= 11 is 1.69. The normalized spacial score (nSPS) is 15.6. The third-order valence-electron chi connectivity index (χ3n) is 4.85. The fourth-order valence-corrected chi connectivity index (χ4v) is 4.57. The Morgan fingerprint density at radius 1 is 1.20 bits per heavy atom. The van der Waals surface area contributed by atoms with Crippen LogP contribution in [0.15, 0.2) is 36.7 Å². The van der Waals surface area contributed by atoms with E-state index in [1.165, 1.54) is 16.0 Å². The lowest BCUT2D eigenvalue weighted by molar-refractivity contribution is -0.142. The third kappa shape index (κ3) is 2.87.